The number of aromatic nitrogens is 3. The van der Waals surface area contributed by atoms with Crippen molar-refractivity contribution in [3.63, 3.8) is 0 Å². The molecular formula is C14H15BrN4O4. The van der Waals surface area contributed by atoms with Crippen molar-refractivity contribution >= 4 is 27.8 Å². The summed E-state index contributed by atoms with van der Waals surface area (Å²) >= 11 is 3.36. The Hall–Kier alpha value is -2.42. The van der Waals surface area contributed by atoms with Gasteiger partial charge in [0, 0.05) is 10.0 Å². The molecule has 2 aromatic rings. The number of carbonyl (C=O) groups is 2. The van der Waals surface area contributed by atoms with Crippen LogP contribution in [-0.2, 0) is 29.1 Å². The fraction of sp³-hybridized carbons (Fsp3) is 0.286. The van der Waals surface area contributed by atoms with Crippen LogP contribution in [-0.4, -0.2) is 39.1 Å². The number of nitrogens with one attached hydrogen (secondary N) is 1. The van der Waals surface area contributed by atoms with Gasteiger partial charge >= 0.3 is 5.97 Å². The molecule has 0 aliphatic heterocycles. The molecule has 0 unspecified atom stereocenters. The third-order valence-corrected chi connectivity index (χ3v) is 3.44. The largest absolute Gasteiger partial charge is 0.496 e. The summed E-state index contributed by atoms with van der Waals surface area (Å²) in [5.41, 5.74) is 1.25. The maximum Gasteiger partial charge on any atom is 0.325 e. The number of nitrogens with zero attached hydrogens (tertiary/aromatic N) is 3. The number of halogens is 1. The van der Waals surface area contributed by atoms with Gasteiger partial charge in [-0.3, -0.25) is 9.59 Å². The lowest BCUT2D eigenvalue weighted by Gasteiger charge is -2.09. The molecule has 1 aromatic heterocycles. The lowest BCUT2D eigenvalue weighted by atomic mass is 10.1. The first-order valence-corrected chi connectivity index (χ1v) is 7.47. The summed E-state index contributed by atoms with van der Waals surface area (Å²) in [7, 11) is 1.55. The molecule has 0 spiro atoms. The molecular weight excluding hydrogens is 368 g/mol. The number of methoxy groups -OCH3 is 1. The molecule has 122 valence electrons. The van der Waals surface area contributed by atoms with Crippen molar-refractivity contribution in [1.82, 2.24) is 20.3 Å². The predicted molar refractivity (Wildman–Crippen MR) is 83.9 cm³/mol. The molecule has 2 rings (SSSR count). The summed E-state index contributed by atoms with van der Waals surface area (Å²) in [5, 5.41) is 18.8. The third kappa shape index (κ3) is 5.06. The van der Waals surface area contributed by atoms with E-state index in [0.717, 1.165) is 10.0 Å². The lowest BCUT2D eigenvalue weighted by Crippen LogP contribution is -2.25. The minimum absolute atomic E-state index is 0.159. The fourth-order valence-corrected chi connectivity index (χ4v) is 2.35. The maximum absolute atomic E-state index is 12.0. The van der Waals surface area contributed by atoms with E-state index < -0.39 is 5.97 Å². The monoisotopic (exact) mass is 382 g/mol. The van der Waals surface area contributed by atoms with Crippen LogP contribution in [0.3, 0.4) is 0 Å². The number of aliphatic carboxylic acids is 1. The molecule has 1 amide bonds. The van der Waals surface area contributed by atoms with E-state index in [0.29, 0.717) is 11.4 Å². The van der Waals surface area contributed by atoms with Gasteiger partial charge in [-0.25, -0.2) is 4.68 Å². The van der Waals surface area contributed by atoms with E-state index in [1.54, 1.807) is 13.2 Å². The van der Waals surface area contributed by atoms with E-state index in [1.165, 1.54) is 10.9 Å². The highest BCUT2D eigenvalue weighted by molar-refractivity contribution is 9.10. The zero-order valence-electron chi connectivity index (χ0n) is 12.3. The second kappa shape index (κ2) is 7.73. The Labute approximate surface area is 140 Å². The quantitative estimate of drug-likeness (QED) is 0.739. The Morgan fingerprint density at radius 3 is 2.91 bits per heavy atom. The average molecular weight is 383 g/mol. The number of ether oxygens (including phenoxy) is 1. The fourth-order valence-electron chi connectivity index (χ4n) is 1.95. The summed E-state index contributed by atoms with van der Waals surface area (Å²) < 4.78 is 7.28. The molecule has 1 heterocycles. The van der Waals surface area contributed by atoms with Gasteiger partial charge in [-0.1, -0.05) is 21.1 Å². The van der Waals surface area contributed by atoms with E-state index in [-0.39, 0.29) is 25.4 Å². The standard InChI is InChI=1S/C14H15BrN4O4/c1-23-12-3-2-10(15)4-9(12)5-13(20)16-6-11-7-19(18-17-11)8-14(21)22/h2-4,7H,5-6,8H2,1H3,(H,16,20)(H,21,22). The summed E-state index contributed by atoms with van der Waals surface area (Å²) in [6.45, 7) is -0.0923. The third-order valence-electron chi connectivity index (χ3n) is 2.94. The molecule has 0 atom stereocenters. The Kier molecular flexibility index (Phi) is 5.69. The molecule has 0 saturated carbocycles. The van der Waals surface area contributed by atoms with Crippen molar-refractivity contribution in [3.05, 3.63) is 40.1 Å². The van der Waals surface area contributed by atoms with E-state index >= 15 is 0 Å². The zero-order chi connectivity index (χ0) is 16.8. The van der Waals surface area contributed by atoms with Gasteiger partial charge in [0.1, 0.15) is 18.0 Å². The van der Waals surface area contributed by atoms with Crippen LogP contribution in [0.5, 0.6) is 5.75 Å². The summed E-state index contributed by atoms with van der Waals surface area (Å²) in [6, 6.07) is 5.44. The molecule has 0 saturated heterocycles. The van der Waals surface area contributed by atoms with E-state index in [2.05, 4.69) is 31.6 Å². The first-order chi connectivity index (χ1) is 11.0. The lowest BCUT2D eigenvalue weighted by molar-refractivity contribution is -0.138. The molecule has 2 N–H and O–H groups in total. The molecule has 1 aromatic carbocycles. The highest BCUT2D eigenvalue weighted by Crippen LogP contribution is 2.23. The zero-order valence-corrected chi connectivity index (χ0v) is 13.9. The highest BCUT2D eigenvalue weighted by Gasteiger charge is 2.10. The van der Waals surface area contributed by atoms with Gasteiger partial charge in [-0.15, -0.1) is 5.10 Å². The van der Waals surface area contributed by atoms with Gasteiger partial charge in [-0.05, 0) is 18.2 Å². The Morgan fingerprint density at radius 2 is 2.22 bits per heavy atom. The molecule has 0 aliphatic carbocycles. The topological polar surface area (TPSA) is 106 Å². The summed E-state index contributed by atoms with van der Waals surface area (Å²) in [5.74, 6) is -0.572. The maximum atomic E-state index is 12.0. The minimum Gasteiger partial charge on any atom is -0.496 e. The van der Waals surface area contributed by atoms with Crippen LogP contribution in [0.4, 0.5) is 0 Å². The number of carboxylic acid groups (broad SMARTS) is 1. The molecule has 0 bridgehead atoms. The molecule has 8 nitrogen and oxygen atoms in total. The highest BCUT2D eigenvalue weighted by atomic mass is 79.9. The number of carboxylic acids is 1. The molecule has 0 radical (unpaired) electrons. The first-order valence-electron chi connectivity index (χ1n) is 6.68. The normalized spacial score (nSPS) is 10.3. The number of hydrogen-bond donors (Lipinski definition) is 2. The van der Waals surface area contributed by atoms with Gasteiger partial charge < -0.3 is 15.2 Å². The van der Waals surface area contributed by atoms with Crippen LogP contribution in [0.15, 0.2) is 28.9 Å². The van der Waals surface area contributed by atoms with Gasteiger partial charge in [0.2, 0.25) is 5.91 Å². The smallest absolute Gasteiger partial charge is 0.325 e. The van der Waals surface area contributed by atoms with Gasteiger partial charge in [-0.2, -0.15) is 0 Å². The number of hydrogen-bond acceptors (Lipinski definition) is 5. The van der Waals surface area contributed by atoms with Crippen molar-refractivity contribution in [3.8, 4) is 5.75 Å². The number of rotatable bonds is 7. The van der Waals surface area contributed by atoms with Crippen molar-refractivity contribution in [2.24, 2.45) is 0 Å². The van der Waals surface area contributed by atoms with Crippen LogP contribution in [0.1, 0.15) is 11.3 Å². The SMILES string of the molecule is COc1ccc(Br)cc1CC(=O)NCc1cn(CC(=O)O)nn1. The second-order valence-corrected chi connectivity index (χ2v) is 5.63. The van der Waals surface area contributed by atoms with Crippen molar-refractivity contribution < 1.29 is 19.4 Å². The van der Waals surface area contributed by atoms with Crippen LogP contribution < -0.4 is 10.1 Å². The predicted octanol–water partition coefficient (Wildman–Crippen LogP) is 0.993. The van der Waals surface area contributed by atoms with E-state index in [1.807, 2.05) is 12.1 Å². The first kappa shape index (κ1) is 16.9. The Balaban J connectivity index is 1.91. The molecule has 9 heteroatoms. The van der Waals surface area contributed by atoms with Gasteiger partial charge in [0.15, 0.2) is 0 Å². The number of benzene rings is 1. The van der Waals surface area contributed by atoms with Crippen LogP contribution in [0.25, 0.3) is 0 Å². The van der Waals surface area contributed by atoms with Crippen LogP contribution >= 0.6 is 15.9 Å². The Morgan fingerprint density at radius 1 is 1.43 bits per heavy atom. The number of carbonyl (C=O) groups excluding carboxylic acids is 1. The van der Waals surface area contributed by atoms with Crippen LogP contribution in [0, 0.1) is 0 Å². The van der Waals surface area contributed by atoms with Gasteiger partial charge in [0.05, 0.1) is 26.3 Å². The van der Waals surface area contributed by atoms with E-state index in [4.69, 9.17) is 9.84 Å². The van der Waals surface area contributed by atoms with Crippen molar-refractivity contribution in [2.75, 3.05) is 7.11 Å². The van der Waals surface area contributed by atoms with Crippen LogP contribution in [0.2, 0.25) is 0 Å². The average Bonchev–Trinajstić information content (AvgIpc) is 2.92. The Bertz CT molecular complexity index is 717. The van der Waals surface area contributed by atoms with Gasteiger partial charge in [0.25, 0.3) is 0 Å². The molecule has 0 fully saturated rings. The number of amides is 1. The minimum atomic E-state index is -1.01. The summed E-state index contributed by atoms with van der Waals surface area (Å²) in [4.78, 5) is 22.6. The molecule has 23 heavy (non-hydrogen) atoms. The van der Waals surface area contributed by atoms with Crippen molar-refractivity contribution in [2.45, 2.75) is 19.5 Å². The second-order valence-electron chi connectivity index (χ2n) is 4.71. The summed E-state index contributed by atoms with van der Waals surface area (Å²) in [6.07, 6.45) is 1.64. The molecule has 0 aliphatic rings. The van der Waals surface area contributed by atoms with Crippen molar-refractivity contribution in [1.29, 1.82) is 0 Å². The van der Waals surface area contributed by atoms with E-state index in [9.17, 15) is 9.59 Å².